The van der Waals surface area contributed by atoms with Gasteiger partial charge in [-0.2, -0.15) is 0 Å². The molecule has 0 radical (unpaired) electrons. The molecule has 1 aromatic carbocycles. The number of fused-ring (bicyclic) bond motifs is 1. The molecule has 30 heavy (non-hydrogen) atoms. The molecule has 4 rings (SSSR count). The van der Waals surface area contributed by atoms with Crippen LogP contribution >= 0.6 is 0 Å². The monoisotopic (exact) mass is 408 g/mol. The lowest BCUT2D eigenvalue weighted by atomic mass is 9.94. The van der Waals surface area contributed by atoms with Gasteiger partial charge in [-0.15, -0.1) is 5.10 Å². The number of rotatable bonds is 5. The molecule has 3 heterocycles. The highest BCUT2D eigenvalue weighted by atomic mass is 16.1. The first kappa shape index (κ1) is 20.7. The van der Waals surface area contributed by atoms with Gasteiger partial charge < -0.3 is 4.98 Å². The average Bonchev–Trinajstić information content (AvgIpc) is 3.21. The second-order valence-corrected chi connectivity index (χ2v) is 9.33. The average molecular weight is 409 g/mol. The highest BCUT2D eigenvalue weighted by Crippen LogP contribution is 2.33. The van der Waals surface area contributed by atoms with Crippen molar-refractivity contribution in [3.8, 4) is 0 Å². The zero-order chi connectivity index (χ0) is 21.5. The van der Waals surface area contributed by atoms with Crippen molar-refractivity contribution < 1.29 is 0 Å². The van der Waals surface area contributed by atoms with Crippen LogP contribution < -0.4 is 5.56 Å². The van der Waals surface area contributed by atoms with Gasteiger partial charge in [0.05, 0.1) is 11.1 Å². The number of likely N-dealkylation sites (tertiary alicyclic amines) is 1. The lowest BCUT2D eigenvalue weighted by molar-refractivity contribution is 0.143. The van der Waals surface area contributed by atoms with E-state index < -0.39 is 0 Å². The molecule has 0 saturated carbocycles. The van der Waals surface area contributed by atoms with Gasteiger partial charge >= 0.3 is 0 Å². The second-order valence-electron chi connectivity index (χ2n) is 9.33. The van der Waals surface area contributed by atoms with Crippen LogP contribution in [0.5, 0.6) is 0 Å². The van der Waals surface area contributed by atoms with Crippen LogP contribution in [0.15, 0.2) is 29.1 Å². The molecule has 1 saturated heterocycles. The van der Waals surface area contributed by atoms with Crippen LogP contribution in [0.3, 0.4) is 0 Å². The number of hydrogen-bond donors (Lipinski definition) is 1. The number of pyridine rings is 1. The minimum Gasteiger partial charge on any atom is -0.321 e. The minimum atomic E-state index is -0.271. The SMILES string of the molecule is CCC(C)(C)n1nnnc1C(c1cc2cccc(C)c2[nH]c1=O)N1CCC(C)CC1. The molecule has 0 amide bonds. The molecule has 160 valence electrons. The molecule has 1 unspecified atom stereocenters. The van der Waals surface area contributed by atoms with Crippen LogP contribution in [0.1, 0.15) is 70.0 Å². The van der Waals surface area contributed by atoms with E-state index in [4.69, 9.17) is 0 Å². The van der Waals surface area contributed by atoms with Crippen molar-refractivity contribution in [3.63, 3.8) is 0 Å². The van der Waals surface area contributed by atoms with Gasteiger partial charge in [0.1, 0.15) is 6.04 Å². The molecule has 1 N–H and O–H groups in total. The van der Waals surface area contributed by atoms with Gasteiger partial charge in [-0.05, 0) is 86.5 Å². The summed E-state index contributed by atoms with van der Waals surface area (Å²) in [5.74, 6) is 1.44. The molecule has 1 atom stereocenters. The van der Waals surface area contributed by atoms with Crippen molar-refractivity contribution in [1.29, 1.82) is 0 Å². The Hall–Kier alpha value is -2.54. The molecular weight excluding hydrogens is 376 g/mol. The Kier molecular flexibility index (Phi) is 5.49. The molecule has 3 aromatic rings. The molecule has 7 heteroatoms. The molecule has 7 nitrogen and oxygen atoms in total. The minimum absolute atomic E-state index is 0.0655. The van der Waals surface area contributed by atoms with E-state index in [1.54, 1.807) is 0 Å². The number of nitrogens with one attached hydrogen (secondary N) is 1. The van der Waals surface area contributed by atoms with Crippen molar-refractivity contribution in [1.82, 2.24) is 30.1 Å². The van der Waals surface area contributed by atoms with Crippen molar-refractivity contribution in [2.75, 3.05) is 13.1 Å². The summed E-state index contributed by atoms with van der Waals surface area (Å²) in [6.07, 6.45) is 3.11. The number of H-pyrrole nitrogens is 1. The van der Waals surface area contributed by atoms with Gasteiger partial charge in [0.2, 0.25) is 0 Å². The normalized spacial score (nSPS) is 17.5. The Labute approximate surface area is 177 Å². The van der Waals surface area contributed by atoms with Crippen LogP contribution in [0.2, 0.25) is 0 Å². The molecule has 2 aromatic heterocycles. The topological polar surface area (TPSA) is 79.7 Å². The fourth-order valence-corrected chi connectivity index (χ4v) is 4.33. The maximum absolute atomic E-state index is 13.3. The van der Waals surface area contributed by atoms with E-state index in [9.17, 15) is 4.79 Å². The summed E-state index contributed by atoms with van der Waals surface area (Å²) in [6, 6.07) is 7.86. The fourth-order valence-electron chi connectivity index (χ4n) is 4.33. The van der Waals surface area contributed by atoms with E-state index in [-0.39, 0.29) is 17.1 Å². The van der Waals surface area contributed by atoms with Gasteiger partial charge in [0.25, 0.3) is 5.56 Å². The third-order valence-corrected chi connectivity index (χ3v) is 6.77. The zero-order valence-corrected chi connectivity index (χ0v) is 18.6. The summed E-state index contributed by atoms with van der Waals surface area (Å²) in [5.41, 5.74) is 2.37. The summed E-state index contributed by atoms with van der Waals surface area (Å²) in [5, 5.41) is 13.8. The number of aryl methyl sites for hydroxylation is 1. The molecule has 0 aliphatic carbocycles. The lowest BCUT2D eigenvalue weighted by Crippen LogP contribution is -2.41. The summed E-state index contributed by atoms with van der Waals surface area (Å²) in [7, 11) is 0. The fraction of sp³-hybridized carbons (Fsp3) is 0.565. The highest BCUT2D eigenvalue weighted by molar-refractivity contribution is 5.82. The van der Waals surface area contributed by atoms with Crippen LogP contribution in [-0.2, 0) is 5.54 Å². The third kappa shape index (κ3) is 3.67. The number of nitrogens with zero attached hydrogens (tertiary/aromatic N) is 5. The molecular formula is C23H32N6O. The molecule has 0 spiro atoms. The Balaban J connectivity index is 1.90. The zero-order valence-electron chi connectivity index (χ0n) is 18.6. The number of tetrazole rings is 1. The maximum Gasteiger partial charge on any atom is 0.253 e. The number of hydrogen-bond acceptors (Lipinski definition) is 5. The number of aromatic amines is 1. The Morgan fingerprint density at radius 3 is 2.70 bits per heavy atom. The Bertz CT molecular complexity index is 1090. The number of piperidine rings is 1. The molecule has 0 bridgehead atoms. The van der Waals surface area contributed by atoms with E-state index in [1.165, 1.54) is 0 Å². The Morgan fingerprint density at radius 2 is 2.00 bits per heavy atom. The number of aromatic nitrogens is 5. The van der Waals surface area contributed by atoms with Crippen LogP contribution in [0.4, 0.5) is 0 Å². The number of para-hydroxylation sites is 1. The van der Waals surface area contributed by atoms with Crippen LogP contribution in [0.25, 0.3) is 10.9 Å². The van der Waals surface area contributed by atoms with E-state index in [0.717, 1.165) is 54.6 Å². The van der Waals surface area contributed by atoms with Gasteiger partial charge in [-0.25, -0.2) is 4.68 Å². The summed E-state index contributed by atoms with van der Waals surface area (Å²) in [6.45, 7) is 12.6. The first-order chi connectivity index (χ1) is 14.3. The predicted octanol–water partition coefficient (Wildman–Crippen LogP) is 3.79. The van der Waals surface area contributed by atoms with Gasteiger partial charge in [0.15, 0.2) is 5.82 Å². The van der Waals surface area contributed by atoms with E-state index in [0.29, 0.717) is 11.5 Å². The van der Waals surface area contributed by atoms with E-state index in [2.05, 4.69) is 59.2 Å². The number of benzene rings is 1. The van der Waals surface area contributed by atoms with Crippen molar-refractivity contribution in [3.05, 3.63) is 51.6 Å². The van der Waals surface area contributed by atoms with Gasteiger partial charge in [0, 0.05) is 5.56 Å². The van der Waals surface area contributed by atoms with E-state index >= 15 is 0 Å². The standard InChI is InChI=1S/C23H32N6O/c1-6-23(4,5)29-21(25-26-27-29)20(28-12-10-15(2)11-13-28)18-14-17-9-7-8-16(3)19(17)24-22(18)30/h7-9,14-15,20H,6,10-13H2,1-5H3,(H,24,30). The molecule has 1 aliphatic heterocycles. The summed E-state index contributed by atoms with van der Waals surface area (Å²) >= 11 is 0. The third-order valence-electron chi connectivity index (χ3n) is 6.77. The van der Waals surface area contributed by atoms with Gasteiger partial charge in [-0.3, -0.25) is 9.69 Å². The first-order valence-corrected chi connectivity index (χ1v) is 11.0. The lowest BCUT2D eigenvalue weighted by Gasteiger charge is -2.37. The van der Waals surface area contributed by atoms with Crippen molar-refractivity contribution in [2.45, 2.75) is 65.5 Å². The van der Waals surface area contributed by atoms with Crippen LogP contribution in [0, 0.1) is 12.8 Å². The summed E-state index contributed by atoms with van der Waals surface area (Å²) in [4.78, 5) is 18.8. The summed E-state index contributed by atoms with van der Waals surface area (Å²) < 4.78 is 1.91. The quantitative estimate of drug-likeness (QED) is 0.695. The smallest absolute Gasteiger partial charge is 0.253 e. The highest BCUT2D eigenvalue weighted by Gasteiger charge is 2.35. The van der Waals surface area contributed by atoms with Crippen molar-refractivity contribution >= 4 is 10.9 Å². The predicted molar refractivity (Wildman–Crippen MR) is 119 cm³/mol. The van der Waals surface area contributed by atoms with Gasteiger partial charge in [-0.1, -0.05) is 32.0 Å². The largest absolute Gasteiger partial charge is 0.321 e. The van der Waals surface area contributed by atoms with Crippen LogP contribution in [-0.4, -0.2) is 43.2 Å². The molecule has 1 fully saturated rings. The first-order valence-electron chi connectivity index (χ1n) is 11.0. The Morgan fingerprint density at radius 1 is 1.27 bits per heavy atom. The second kappa shape index (κ2) is 7.95. The maximum atomic E-state index is 13.3. The molecule has 1 aliphatic rings. The van der Waals surface area contributed by atoms with E-state index in [1.807, 2.05) is 29.8 Å². The van der Waals surface area contributed by atoms with Crippen molar-refractivity contribution in [2.24, 2.45) is 5.92 Å².